The standard InChI is InChI=1S/C18H19ClN4O/c1-3-4-5-13-6-8-14(9-7-13)23-21-17-10-15(19)16(20-12(2)24)11-18(17)22-23/h6-11H,3-5H2,1-2H3,(H,20,24). The van der Waals surface area contributed by atoms with Gasteiger partial charge in [0, 0.05) is 6.92 Å². The van der Waals surface area contributed by atoms with Crippen LogP contribution in [0.5, 0.6) is 0 Å². The number of amides is 1. The van der Waals surface area contributed by atoms with Crippen LogP contribution in [0.15, 0.2) is 36.4 Å². The number of halogens is 1. The fourth-order valence-corrected chi connectivity index (χ4v) is 2.72. The number of rotatable bonds is 5. The zero-order chi connectivity index (χ0) is 17.1. The Hall–Kier alpha value is -2.40. The summed E-state index contributed by atoms with van der Waals surface area (Å²) in [5, 5.41) is 12.1. The lowest BCUT2D eigenvalue weighted by Crippen LogP contribution is -2.06. The second-order valence-electron chi connectivity index (χ2n) is 5.76. The van der Waals surface area contributed by atoms with E-state index >= 15 is 0 Å². The van der Waals surface area contributed by atoms with E-state index in [0.717, 1.165) is 12.1 Å². The molecule has 0 aliphatic heterocycles. The van der Waals surface area contributed by atoms with Gasteiger partial charge < -0.3 is 5.32 Å². The molecule has 0 aliphatic rings. The summed E-state index contributed by atoms with van der Waals surface area (Å²) in [6, 6.07) is 11.7. The molecule has 0 fully saturated rings. The molecule has 1 aromatic heterocycles. The number of carbonyl (C=O) groups is 1. The van der Waals surface area contributed by atoms with Crippen LogP contribution in [-0.2, 0) is 11.2 Å². The molecule has 0 saturated heterocycles. The predicted octanol–water partition coefficient (Wildman–Crippen LogP) is 4.37. The molecule has 0 bridgehead atoms. The van der Waals surface area contributed by atoms with Crippen molar-refractivity contribution in [3.63, 3.8) is 0 Å². The van der Waals surface area contributed by atoms with E-state index < -0.39 is 0 Å². The fraction of sp³-hybridized carbons (Fsp3) is 0.278. The Morgan fingerprint density at radius 1 is 1.17 bits per heavy atom. The summed E-state index contributed by atoms with van der Waals surface area (Å²) in [5.74, 6) is -0.175. The highest BCUT2D eigenvalue weighted by atomic mass is 35.5. The van der Waals surface area contributed by atoms with Gasteiger partial charge >= 0.3 is 0 Å². The molecule has 1 N–H and O–H groups in total. The maximum absolute atomic E-state index is 11.2. The first-order chi connectivity index (χ1) is 11.6. The van der Waals surface area contributed by atoms with Gasteiger partial charge in [-0.05, 0) is 42.7 Å². The van der Waals surface area contributed by atoms with Gasteiger partial charge in [0.1, 0.15) is 11.0 Å². The van der Waals surface area contributed by atoms with Gasteiger partial charge in [0.25, 0.3) is 0 Å². The van der Waals surface area contributed by atoms with Gasteiger partial charge in [-0.15, -0.1) is 10.2 Å². The Labute approximate surface area is 145 Å². The van der Waals surface area contributed by atoms with Crippen molar-refractivity contribution in [2.75, 3.05) is 5.32 Å². The normalized spacial score (nSPS) is 11.0. The molecule has 3 rings (SSSR count). The highest BCUT2D eigenvalue weighted by molar-refractivity contribution is 6.34. The number of anilines is 1. The Morgan fingerprint density at radius 2 is 1.83 bits per heavy atom. The Balaban J connectivity index is 1.91. The molecule has 124 valence electrons. The minimum Gasteiger partial charge on any atom is -0.325 e. The summed E-state index contributed by atoms with van der Waals surface area (Å²) in [4.78, 5) is 12.8. The molecule has 0 unspecified atom stereocenters. The van der Waals surface area contributed by atoms with Crippen molar-refractivity contribution >= 4 is 34.2 Å². The quantitative estimate of drug-likeness (QED) is 0.748. The first-order valence-electron chi connectivity index (χ1n) is 8.00. The fourth-order valence-electron chi connectivity index (χ4n) is 2.52. The van der Waals surface area contributed by atoms with E-state index in [4.69, 9.17) is 11.6 Å². The van der Waals surface area contributed by atoms with Gasteiger partial charge in [0.05, 0.1) is 16.4 Å². The van der Waals surface area contributed by atoms with Gasteiger partial charge in [-0.1, -0.05) is 37.1 Å². The van der Waals surface area contributed by atoms with E-state index in [1.54, 1.807) is 16.9 Å². The maximum atomic E-state index is 11.2. The van der Waals surface area contributed by atoms with Crippen LogP contribution in [-0.4, -0.2) is 20.9 Å². The van der Waals surface area contributed by atoms with E-state index in [0.29, 0.717) is 21.7 Å². The molecule has 0 spiro atoms. The number of unbranched alkanes of at least 4 members (excludes halogenated alkanes) is 1. The molecule has 0 atom stereocenters. The SMILES string of the molecule is CCCCc1ccc(-n2nc3cc(Cl)c(NC(C)=O)cc3n2)cc1. The number of fused-ring (bicyclic) bond motifs is 1. The van der Waals surface area contributed by atoms with Crippen molar-refractivity contribution in [1.82, 2.24) is 15.0 Å². The number of aromatic nitrogens is 3. The number of nitrogens with one attached hydrogen (secondary N) is 1. The molecular weight excluding hydrogens is 324 g/mol. The van der Waals surface area contributed by atoms with Crippen LogP contribution in [0.1, 0.15) is 32.3 Å². The third kappa shape index (κ3) is 3.57. The van der Waals surface area contributed by atoms with Gasteiger partial charge in [-0.25, -0.2) is 0 Å². The molecule has 1 amide bonds. The van der Waals surface area contributed by atoms with E-state index in [-0.39, 0.29) is 5.91 Å². The van der Waals surface area contributed by atoms with Crippen LogP contribution >= 0.6 is 11.6 Å². The van der Waals surface area contributed by atoms with Gasteiger partial charge in [0.2, 0.25) is 5.91 Å². The minimum absolute atomic E-state index is 0.175. The minimum atomic E-state index is -0.175. The number of benzene rings is 2. The van der Waals surface area contributed by atoms with Gasteiger partial charge in [-0.2, -0.15) is 4.80 Å². The number of carbonyl (C=O) groups excluding carboxylic acids is 1. The zero-order valence-electron chi connectivity index (χ0n) is 13.7. The summed E-state index contributed by atoms with van der Waals surface area (Å²) in [7, 11) is 0. The second-order valence-corrected chi connectivity index (χ2v) is 6.17. The van der Waals surface area contributed by atoms with Gasteiger partial charge in [-0.3, -0.25) is 4.79 Å². The monoisotopic (exact) mass is 342 g/mol. The molecule has 2 aromatic carbocycles. The summed E-state index contributed by atoms with van der Waals surface area (Å²) in [6.45, 7) is 3.63. The van der Waals surface area contributed by atoms with Crippen molar-refractivity contribution in [1.29, 1.82) is 0 Å². The van der Waals surface area contributed by atoms with Crippen molar-refractivity contribution in [2.45, 2.75) is 33.1 Å². The summed E-state index contributed by atoms with van der Waals surface area (Å²) >= 11 is 6.18. The Morgan fingerprint density at radius 3 is 2.46 bits per heavy atom. The van der Waals surface area contributed by atoms with E-state index in [2.05, 4.69) is 34.6 Å². The smallest absolute Gasteiger partial charge is 0.221 e. The first kappa shape index (κ1) is 16.5. The lowest BCUT2D eigenvalue weighted by molar-refractivity contribution is -0.114. The summed E-state index contributed by atoms with van der Waals surface area (Å²) < 4.78 is 0. The average molecular weight is 343 g/mol. The number of hydrogen-bond acceptors (Lipinski definition) is 3. The van der Waals surface area contributed by atoms with E-state index in [9.17, 15) is 4.79 Å². The average Bonchev–Trinajstić information content (AvgIpc) is 2.96. The van der Waals surface area contributed by atoms with Crippen molar-refractivity contribution in [3.05, 3.63) is 47.0 Å². The molecule has 24 heavy (non-hydrogen) atoms. The largest absolute Gasteiger partial charge is 0.325 e. The second kappa shape index (κ2) is 7.01. The van der Waals surface area contributed by atoms with Crippen LogP contribution in [0.3, 0.4) is 0 Å². The molecule has 3 aromatic rings. The van der Waals surface area contributed by atoms with Crippen LogP contribution < -0.4 is 5.32 Å². The summed E-state index contributed by atoms with van der Waals surface area (Å²) in [6.07, 6.45) is 3.46. The molecular formula is C18H19ClN4O. The molecule has 6 heteroatoms. The molecule has 0 saturated carbocycles. The van der Waals surface area contributed by atoms with Crippen LogP contribution in [0.25, 0.3) is 16.7 Å². The Kier molecular flexibility index (Phi) is 4.81. The number of nitrogens with zero attached hydrogens (tertiary/aromatic N) is 3. The van der Waals surface area contributed by atoms with E-state index in [1.165, 1.54) is 25.3 Å². The topological polar surface area (TPSA) is 59.8 Å². The van der Waals surface area contributed by atoms with Gasteiger partial charge in [0.15, 0.2) is 0 Å². The van der Waals surface area contributed by atoms with Crippen molar-refractivity contribution in [3.8, 4) is 5.69 Å². The van der Waals surface area contributed by atoms with Crippen LogP contribution in [0.2, 0.25) is 5.02 Å². The van der Waals surface area contributed by atoms with E-state index in [1.807, 2.05) is 12.1 Å². The highest BCUT2D eigenvalue weighted by Gasteiger charge is 2.10. The third-order valence-electron chi connectivity index (χ3n) is 3.77. The zero-order valence-corrected chi connectivity index (χ0v) is 14.5. The van der Waals surface area contributed by atoms with Crippen LogP contribution in [0, 0.1) is 0 Å². The first-order valence-corrected chi connectivity index (χ1v) is 8.38. The third-order valence-corrected chi connectivity index (χ3v) is 4.08. The van der Waals surface area contributed by atoms with Crippen LogP contribution in [0.4, 0.5) is 5.69 Å². The summed E-state index contributed by atoms with van der Waals surface area (Å²) in [5.41, 5.74) is 4.11. The molecule has 0 radical (unpaired) electrons. The number of aryl methyl sites for hydroxylation is 1. The Bertz CT molecular complexity index is 871. The van der Waals surface area contributed by atoms with Crippen molar-refractivity contribution < 1.29 is 4.79 Å². The maximum Gasteiger partial charge on any atom is 0.221 e. The molecule has 1 heterocycles. The predicted molar refractivity (Wildman–Crippen MR) is 96.8 cm³/mol. The highest BCUT2D eigenvalue weighted by Crippen LogP contribution is 2.27. The molecule has 0 aliphatic carbocycles. The lowest BCUT2D eigenvalue weighted by atomic mass is 10.1. The lowest BCUT2D eigenvalue weighted by Gasteiger charge is -2.03. The molecule has 5 nitrogen and oxygen atoms in total. The van der Waals surface area contributed by atoms with Crippen molar-refractivity contribution in [2.24, 2.45) is 0 Å². The number of hydrogen-bond donors (Lipinski definition) is 1.